The number of hydrogen-bond acceptors (Lipinski definition) is 6. The highest BCUT2D eigenvalue weighted by atomic mass is 35.5. The average Bonchev–Trinajstić information content (AvgIpc) is 3.23. The van der Waals surface area contributed by atoms with Gasteiger partial charge in [-0.1, -0.05) is 41.4 Å². The Balaban J connectivity index is 1.35. The van der Waals surface area contributed by atoms with E-state index in [1.165, 1.54) is 21.2 Å². The van der Waals surface area contributed by atoms with Gasteiger partial charge >= 0.3 is 0 Å². The molecule has 0 aliphatic carbocycles. The van der Waals surface area contributed by atoms with Crippen molar-refractivity contribution in [1.29, 1.82) is 0 Å². The second kappa shape index (κ2) is 8.74. The van der Waals surface area contributed by atoms with Crippen molar-refractivity contribution >= 4 is 27.5 Å². The SMILES string of the molecule is Cc1ccc(-c2nnn(CC(=O)N3CCN(S(=O)(=O)c4ccc(Cl)cc4)CC3)n2)cc1. The zero-order chi connectivity index (χ0) is 22.0. The van der Waals surface area contributed by atoms with E-state index in [2.05, 4.69) is 15.4 Å². The Labute approximate surface area is 185 Å². The number of tetrazole rings is 1. The van der Waals surface area contributed by atoms with Crippen LogP contribution in [0.3, 0.4) is 0 Å². The number of nitrogens with zero attached hydrogens (tertiary/aromatic N) is 6. The van der Waals surface area contributed by atoms with Gasteiger partial charge in [-0.2, -0.15) is 9.10 Å². The number of carbonyl (C=O) groups excluding carboxylic acids is 1. The van der Waals surface area contributed by atoms with Crippen LogP contribution >= 0.6 is 11.6 Å². The Kier molecular flexibility index (Phi) is 6.03. The van der Waals surface area contributed by atoms with Crippen molar-refractivity contribution in [3.8, 4) is 11.4 Å². The Morgan fingerprint density at radius 1 is 1.00 bits per heavy atom. The number of piperazine rings is 1. The number of aromatic nitrogens is 4. The van der Waals surface area contributed by atoms with E-state index in [1.807, 2.05) is 31.2 Å². The molecule has 2 heterocycles. The lowest BCUT2D eigenvalue weighted by Crippen LogP contribution is -2.51. The number of sulfonamides is 1. The first-order valence-electron chi connectivity index (χ1n) is 9.71. The van der Waals surface area contributed by atoms with Gasteiger partial charge in [0.2, 0.25) is 21.8 Å². The molecule has 9 nitrogen and oxygen atoms in total. The molecule has 1 amide bonds. The highest BCUT2D eigenvalue weighted by Gasteiger charge is 2.30. The van der Waals surface area contributed by atoms with Crippen LogP contribution in [0.15, 0.2) is 53.4 Å². The Bertz CT molecular complexity index is 1170. The molecule has 1 aliphatic heterocycles. The monoisotopic (exact) mass is 460 g/mol. The standard InChI is InChI=1S/C20H21ClN6O3S/c1-15-2-4-16(5-3-15)20-22-24-27(23-20)14-19(28)25-10-12-26(13-11-25)31(29,30)18-8-6-17(21)7-9-18/h2-9H,10-14H2,1H3. The first-order valence-corrected chi connectivity index (χ1v) is 11.5. The van der Waals surface area contributed by atoms with Crippen LogP contribution < -0.4 is 0 Å². The van der Waals surface area contributed by atoms with Gasteiger partial charge in [0.25, 0.3) is 0 Å². The van der Waals surface area contributed by atoms with Crippen molar-refractivity contribution in [2.75, 3.05) is 26.2 Å². The predicted molar refractivity (Wildman–Crippen MR) is 115 cm³/mol. The number of halogens is 1. The molecule has 0 spiro atoms. The molecule has 4 rings (SSSR count). The zero-order valence-corrected chi connectivity index (χ0v) is 18.4. The molecule has 162 valence electrons. The van der Waals surface area contributed by atoms with Crippen LogP contribution in [0.25, 0.3) is 11.4 Å². The minimum atomic E-state index is -3.62. The summed E-state index contributed by atoms with van der Waals surface area (Å²) in [6, 6.07) is 13.8. The third kappa shape index (κ3) is 4.76. The van der Waals surface area contributed by atoms with Crippen molar-refractivity contribution in [3.05, 3.63) is 59.1 Å². The first-order chi connectivity index (χ1) is 14.8. The van der Waals surface area contributed by atoms with Crippen LogP contribution in [0.2, 0.25) is 5.02 Å². The predicted octanol–water partition coefficient (Wildman–Crippen LogP) is 1.84. The van der Waals surface area contributed by atoms with Crippen LogP contribution in [0.1, 0.15) is 5.56 Å². The van der Waals surface area contributed by atoms with Crippen molar-refractivity contribution < 1.29 is 13.2 Å². The van der Waals surface area contributed by atoms with Gasteiger partial charge < -0.3 is 4.90 Å². The van der Waals surface area contributed by atoms with E-state index in [0.29, 0.717) is 23.9 Å². The fraction of sp³-hybridized carbons (Fsp3) is 0.300. The van der Waals surface area contributed by atoms with E-state index in [0.717, 1.165) is 11.1 Å². The molecule has 1 aliphatic rings. The summed E-state index contributed by atoms with van der Waals surface area (Å²) >= 11 is 5.84. The molecular formula is C20H21ClN6O3S. The van der Waals surface area contributed by atoms with Crippen LogP contribution in [0.5, 0.6) is 0 Å². The van der Waals surface area contributed by atoms with Crippen LogP contribution in [0.4, 0.5) is 0 Å². The molecule has 0 bridgehead atoms. The summed E-state index contributed by atoms with van der Waals surface area (Å²) in [7, 11) is -3.62. The highest BCUT2D eigenvalue weighted by molar-refractivity contribution is 7.89. The lowest BCUT2D eigenvalue weighted by atomic mass is 10.1. The normalized spacial score (nSPS) is 15.2. The van der Waals surface area contributed by atoms with Crippen molar-refractivity contribution in [2.24, 2.45) is 0 Å². The molecule has 2 aromatic carbocycles. The van der Waals surface area contributed by atoms with Crippen LogP contribution in [0, 0.1) is 6.92 Å². The highest BCUT2D eigenvalue weighted by Crippen LogP contribution is 2.20. The molecule has 0 N–H and O–H groups in total. The van der Waals surface area contributed by atoms with Gasteiger partial charge in [0, 0.05) is 36.8 Å². The fourth-order valence-electron chi connectivity index (χ4n) is 3.28. The fourth-order valence-corrected chi connectivity index (χ4v) is 4.83. The number of rotatable bonds is 5. The molecule has 0 radical (unpaired) electrons. The summed E-state index contributed by atoms with van der Waals surface area (Å²) in [4.78, 5) is 15.7. The van der Waals surface area contributed by atoms with E-state index >= 15 is 0 Å². The molecule has 1 fully saturated rings. The molecule has 31 heavy (non-hydrogen) atoms. The van der Waals surface area contributed by atoms with E-state index in [1.54, 1.807) is 17.0 Å². The number of hydrogen-bond donors (Lipinski definition) is 0. The molecule has 0 atom stereocenters. The van der Waals surface area contributed by atoms with Gasteiger partial charge in [0.05, 0.1) is 4.90 Å². The summed E-state index contributed by atoms with van der Waals surface area (Å²) in [5.74, 6) is 0.267. The van der Waals surface area contributed by atoms with Gasteiger partial charge in [0.1, 0.15) is 6.54 Å². The lowest BCUT2D eigenvalue weighted by Gasteiger charge is -2.33. The number of amides is 1. The maximum atomic E-state index is 12.8. The maximum absolute atomic E-state index is 12.8. The molecule has 1 saturated heterocycles. The molecule has 1 aromatic heterocycles. The van der Waals surface area contributed by atoms with Crippen molar-refractivity contribution in [3.63, 3.8) is 0 Å². The minimum absolute atomic E-state index is 0.0528. The largest absolute Gasteiger partial charge is 0.338 e. The van der Waals surface area contributed by atoms with Crippen LogP contribution in [-0.4, -0.2) is 69.9 Å². The molecular weight excluding hydrogens is 440 g/mol. The summed E-state index contributed by atoms with van der Waals surface area (Å²) in [6.45, 7) is 2.97. The second-order valence-corrected chi connectivity index (χ2v) is 9.62. The topological polar surface area (TPSA) is 101 Å². The molecule has 0 unspecified atom stereocenters. The Morgan fingerprint density at radius 3 is 2.29 bits per heavy atom. The van der Waals surface area contributed by atoms with Crippen molar-refractivity contribution in [2.45, 2.75) is 18.4 Å². The summed E-state index contributed by atoms with van der Waals surface area (Å²) in [5.41, 5.74) is 1.95. The van der Waals surface area contributed by atoms with Gasteiger partial charge in [-0.25, -0.2) is 8.42 Å². The second-order valence-electron chi connectivity index (χ2n) is 7.25. The summed E-state index contributed by atoms with van der Waals surface area (Å²) < 4.78 is 26.9. The van der Waals surface area contributed by atoms with E-state index < -0.39 is 10.0 Å². The summed E-state index contributed by atoms with van der Waals surface area (Å²) in [5, 5.41) is 12.7. The summed E-state index contributed by atoms with van der Waals surface area (Å²) in [6.07, 6.45) is 0. The molecule has 0 saturated carbocycles. The van der Waals surface area contributed by atoms with E-state index in [-0.39, 0.29) is 30.4 Å². The van der Waals surface area contributed by atoms with Gasteiger partial charge in [-0.15, -0.1) is 10.2 Å². The van der Waals surface area contributed by atoms with Crippen molar-refractivity contribution in [1.82, 2.24) is 29.4 Å². The van der Waals surface area contributed by atoms with Crippen LogP contribution in [-0.2, 0) is 21.4 Å². The molecule has 11 heteroatoms. The maximum Gasteiger partial charge on any atom is 0.246 e. The number of aryl methyl sites for hydroxylation is 1. The first kappa shape index (κ1) is 21.4. The third-order valence-electron chi connectivity index (χ3n) is 5.08. The zero-order valence-electron chi connectivity index (χ0n) is 16.8. The minimum Gasteiger partial charge on any atom is -0.338 e. The smallest absolute Gasteiger partial charge is 0.246 e. The lowest BCUT2D eigenvalue weighted by molar-refractivity contribution is -0.133. The quantitative estimate of drug-likeness (QED) is 0.575. The Hall–Kier alpha value is -2.82. The number of benzene rings is 2. The average molecular weight is 461 g/mol. The van der Waals surface area contributed by atoms with Gasteiger partial charge in [-0.05, 0) is 36.4 Å². The van der Waals surface area contributed by atoms with E-state index in [9.17, 15) is 13.2 Å². The molecule has 3 aromatic rings. The third-order valence-corrected chi connectivity index (χ3v) is 7.25. The van der Waals surface area contributed by atoms with Gasteiger partial charge in [0.15, 0.2) is 0 Å². The number of carbonyl (C=O) groups is 1. The Morgan fingerprint density at radius 2 is 1.65 bits per heavy atom. The van der Waals surface area contributed by atoms with E-state index in [4.69, 9.17) is 11.6 Å². The van der Waals surface area contributed by atoms with Gasteiger partial charge in [-0.3, -0.25) is 4.79 Å².